The fourth-order valence-corrected chi connectivity index (χ4v) is 3.40. The molecule has 1 saturated carbocycles. The Morgan fingerprint density at radius 1 is 1.19 bits per heavy atom. The number of hydrogen-bond donors (Lipinski definition) is 2. The largest absolute Gasteiger partial charge is 0.383 e. The number of ether oxygens (including phenoxy) is 1. The molecular formula is C20H33IN4O2. The molecular weight excluding hydrogens is 455 g/mol. The van der Waals surface area contributed by atoms with Crippen LogP contribution in [0.4, 0.5) is 0 Å². The normalized spacial score (nSPS) is 15.7. The van der Waals surface area contributed by atoms with Crippen molar-refractivity contribution in [3.8, 4) is 0 Å². The number of nitrogens with zero attached hydrogens (tertiary/aromatic N) is 2. The molecule has 0 aromatic heterocycles. The Balaban J connectivity index is 0.00000364. The lowest BCUT2D eigenvalue weighted by Gasteiger charge is -2.31. The van der Waals surface area contributed by atoms with Crippen molar-refractivity contribution in [3.05, 3.63) is 35.9 Å². The van der Waals surface area contributed by atoms with Gasteiger partial charge >= 0.3 is 0 Å². The Kier molecular flexibility index (Phi) is 10.7. The summed E-state index contributed by atoms with van der Waals surface area (Å²) in [7, 11) is 5.16. The van der Waals surface area contributed by atoms with Gasteiger partial charge in [-0.2, -0.15) is 0 Å². The quantitative estimate of drug-likeness (QED) is 0.255. The third kappa shape index (κ3) is 7.29. The Bertz CT molecular complexity index is 587. The van der Waals surface area contributed by atoms with Crippen LogP contribution >= 0.6 is 24.0 Å². The summed E-state index contributed by atoms with van der Waals surface area (Å²) in [5.41, 5.74) is 1.52. The molecule has 0 saturated heterocycles. The second-order valence-electron chi connectivity index (χ2n) is 7.08. The number of aliphatic imine (C=N–C) groups is 1. The van der Waals surface area contributed by atoms with Gasteiger partial charge in [-0.25, -0.2) is 4.99 Å². The average Bonchev–Trinajstić information content (AvgIpc) is 3.14. The molecule has 152 valence electrons. The van der Waals surface area contributed by atoms with Crippen LogP contribution in [-0.2, 0) is 14.9 Å². The number of methoxy groups -OCH3 is 1. The highest BCUT2D eigenvalue weighted by molar-refractivity contribution is 14.0. The van der Waals surface area contributed by atoms with Crippen molar-refractivity contribution >= 4 is 35.8 Å². The van der Waals surface area contributed by atoms with Crippen LogP contribution in [0.25, 0.3) is 0 Å². The lowest BCUT2D eigenvalue weighted by atomic mass is 9.79. The first kappa shape index (κ1) is 23.7. The highest BCUT2D eigenvalue weighted by Gasteiger charge is 2.35. The van der Waals surface area contributed by atoms with Crippen molar-refractivity contribution in [1.82, 2.24) is 15.5 Å². The van der Waals surface area contributed by atoms with Gasteiger partial charge in [0.1, 0.15) is 6.54 Å². The smallest absolute Gasteiger partial charge is 0.243 e. The van der Waals surface area contributed by atoms with Crippen LogP contribution in [0, 0.1) is 0 Å². The molecule has 1 amide bonds. The van der Waals surface area contributed by atoms with Crippen molar-refractivity contribution in [1.29, 1.82) is 0 Å². The van der Waals surface area contributed by atoms with Crippen LogP contribution in [0.15, 0.2) is 35.3 Å². The minimum Gasteiger partial charge on any atom is -0.383 e. The van der Waals surface area contributed by atoms with E-state index in [4.69, 9.17) is 4.74 Å². The van der Waals surface area contributed by atoms with Gasteiger partial charge in [-0.15, -0.1) is 24.0 Å². The molecule has 1 fully saturated rings. The minimum absolute atomic E-state index is 0. The van der Waals surface area contributed by atoms with Crippen LogP contribution in [0.5, 0.6) is 0 Å². The van der Waals surface area contributed by atoms with Crippen LogP contribution in [0.2, 0.25) is 0 Å². The van der Waals surface area contributed by atoms with Crippen LogP contribution < -0.4 is 10.6 Å². The molecule has 0 atom stereocenters. The van der Waals surface area contributed by atoms with Crippen LogP contribution in [-0.4, -0.2) is 64.2 Å². The van der Waals surface area contributed by atoms with E-state index in [-0.39, 0.29) is 41.8 Å². The maximum Gasteiger partial charge on any atom is 0.243 e. The molecule has 1 aromatic carbocycles. The molecule has 6 nitrogen and oxygen atoms in total. The number of hydrogen-bond acceptors (Lipinski definition) is 3. The second-order valence-corrected chi connectivity index (χ2v) is 7.08. The van der Waals surface area contributed by atoms with E-state index in [9.17, 15) is 4.79 Å². The Morgan fingerprint density at radius 3 is 2.44 bits per heavy atom. The third-order valence-electron chi connectivity index (χ3n) is 5.01. The number of likely N-dealkylation sites (N-methyl/N-ethyl adjacent to an activating group) is 1. The van der Waals surface area contributed by atoms with E-state index in [0.717, 1.165) is 6.54 Å². The van der Waals surface area contributed by atoms with E-state index in [1.807, 2.05) is 0 Å². The number of benzene rings is 1. The van der Waals surface area contributed by atoms with Gasteiger partial charge in [-0.1, -0.05) is 43.2 Å². The first-order valence-corrected chi connectivity index (χ1v) is 9.34. The Hall–Kier alpha value is -1.35. The summed E-state index contributed by atoms with van der Waals surface area (Å²) < 4.78 is 5.10. The molecule has 0 bridgehead atoms. The van der Waals surface area contributed by atoms with Gasteiger partial charge in [0.05, 0.1) is 6.61 Å². The maximum absolute atomic E-state index is 11.9. The van der Waals surface area contributed by atoms with Gasteiger partial charge in [-0.05, 0) is 18.4 Å². The van der Waals surface area contributed by atoms with E-state index in [1.54, 1.807) is 26.1 Å². The van der Waals surface area contributed by atoms with Gasteiger partial charge in [-0.3, -0.25) is 4.79 Å². The summed E-state index contributed by atoms with van der Waals surface area (Å²) in [4.78, 5) is 17.9. The Labute approximate surface area is 180 Å². The summed E-state index contributed by atoms with van der Waals surface area (Å²) in [5.74, 6) is 0.649. The second kappa shape index (κ2) is 12.2. The van der Waals surface area contributed by atoms with Crippen molar-refractivity contribution in [2.24, 2.45) is 4.99 Å². The van der Waals surface area contributed by atoms with Gasteiger partial charge in [0.15, 0.2) is 5.96 Å². The van der Waals surface area contributed by atoms with Gasteiger partial charge in [0.2, 0.25) is 5.91 Å². The fourth-order valence-electron chi connectivity index (χ4n) is 3.40. The molecule has 1 aliphatic rings. The fraction of sp³-hybridized carbons (Fsp3) is 0.600. The highest BCUT2D eigenvalue weighted by atomic mass is 127. The first-order chi connectivity index (χ1) is 12.6. The van der Waals surface area contributed by atoms with E-state index in [2.05, 4.69) is 46.0 Å². The predicted octanol–water partition coefficient (Wildman–Crippen LogP) is 2.39. The number of carbonyl (C=O) groups is 1. The number of nitrogens with one attached hydrogen (secondary N) is 2. The number of guanidine groups is 1. The SMILES string of the molecule is COCCNC(=NCC(=O)N(C)C)NCC1(c2ccccc2)CCCC1.I. The molecule has 1 aliphatic carbocycles. The van der Waals surface area contributed by atoms with E-state index >= 15 is 0 Å². The zero-order valence-corrected chi connectivity index (χ0v) is 19.0. The van der Waals surface area contributed by atoms with E-state index in [0.29, 0.717) is 19.1 Å². The summed E-state index contributed by atoms with van der Waals surface area (Å²) >= 11 is 0. The maximum atomic E-state index is 11.9. The minimum atomic E-state index is -0.0171. The number of amides is 1. The number of rotatable bonds is 8. The zero-order chi connectivity index (χ0) is 18.8. The van der Waals surface area contributed by atoms with Crippen molar-refractivity contribution < 1.29 is 9.53 Å². The molecule has 2 N–H and O–H groups in total. The molecule has 0 spiro atoms. The number of carbonyl (C=O) groups excluding carboxylic acids is 1. The molecule has 0 unspecified atom stereocenters. The summed E-state index contributed by atoms with van der Waals surface area (Å²) in [6.45, 7) is 2.18. The third-order valence-corrected chi connectivity index (χ3v) is 5.01. The summed E-state index contributed by atoms with van der Waals surface area (Å²) in [5, 5.41) is 6.72. The molecule has 0 radical (unpaired) electrons. The topological polar surface area (TPSA) is 66.0 Å². The van der Waals surface area contributed by atoms with E-state index < -0.39 is 0 Å². The molecule has 27 heavy (non-hydrogen) atoms. The molecule has 7 heteroatoms. The van der Waals surface area contributed by atoms with Crippen molar-refractivity contribution in [2.45, 2.75) is 31.1 Å². The first-order valence-electron chi connectivity index (χ1n) is 9.34. The van der Waals surface area contributed by atoms with Gasteiger partial charge in [0.25, 0.3) is 0 Å². The van der Waals surface area contributed by atoms with E-state index in [1.165, 1.54) is 31.2 Å². The summed E-state index contributed by atoms with van der Waals surface area (Å²) in [6, 6.07) is 10.7. The number of halogens is 1. The molecule has 0 heterocycles. The average molecular weight is 488 g/mol. The lowest BCUT2D eigenvalue weighted by molar-refractivity contribution is -0.127. The lowest BCUT2D eigenvalue weighted by Crippen LogP contribution is -2.46. The summed E-state index contributed by atoms with van der Waals surface area (Å²) in [6.07, 6.45) is 4.84. The van der Waals surface area contributed by atoms with Crippen LogP contribution in [0.1, 0.15) is 31.2 Å². The Morgan fingerprint density at radius 2 is 1.85 bits per heavy atom. The van der Waals surface area contributed by atoms with Crippen molar-refractivity contribution in [3.63, 3.8) is 0 Å². The van der Waals surface area contributed by atoms with Gasteiger partial charge in [0, 0.05) is 39.7 Å². The standard InChI is InChI=1S/C20H32N4O2.HI/c1-24(2)18(25)15-22-19(21-13-14-26-3)23-16-20(11-7-8-12-20)17-9-5-4-6-10-17;/h4-6,9-10H,7-8,11-16H2,1-3H3,(H2,21,22,23);1H. The highest BCUT2D eigenvalue weighted by Crippen LogP contribution is 2.40. The molecule has 2 rings (SSSR count). The van der Waals surface area contributed by atoms with Crippen molar-refractivity contribution in [2.75, 3.05) is 47.4 Å². The monoisotopic (exact) mass is 488 g/mol. The van der Waals surface area contributed by atoms with Gasteiger partial charge < -0.3 is 20.3 Å². The predicted molar refractivity (Wildman–Crippen MR) is 121 cm³/mol. The molecule has 0 aliphatic heterocycles. The molecule has 1 aromatic rings. The van der Waals surface area contributed by atoms with Crippen LogP contribution in [0.3, 0.4) is 0 Å². The zero-order valence-electron chi connectivity index (χ0n) is 16.7.